The van der Waals surface area contributed by atoms with Crippen LogP contribution in [-0.2, 0) is 21.5 Å². The highest BCUT2D eigenvalue weighted by Gasteiger charge is 2.47. The van der Waals surface area contributed by atoms with Crippen LogP contribution in [0, 0.1) is 0 Å². The third-order valence-corrected chi connectivity index (χ3v) is 6.03. The summed E-state index contributed by atoms with van der Waals surface area (Å²) in [5, 5.41) is 4.47. The smallest absolute Gasteiger partial charge is 0.226 e. The summed E-state index contributed by atoms with van der Waals surface area (Å²) in [6.07, 6.45) is 4.20. The zero-order valence-electron chi connectivity index (χ0n) is 17.3. The number of halogens is 1. The minimum absolute atomic E-state index is 0.0613. The second kappa shape index (κ2) is 9.08. The number of carbonyl (C=O) groups is 2. The summed E-state index contributed by atoms with van der Waals surface area (Å²) in [6.45, 7) is 4.00. The van der Waals surface area contributed by atoms with Crippen molar-refractivity contribution in [2.45, 2.75) is 70.3 Å². The average molecular weight is 418 g/mol. The number of Topliss-reactive ketones (excluding diaryl/α,β-unsaturated/α-hetero) is 1. The molecule has 1 aromatic carbocycles. The molecular formula is C22H28ClN3O3. The number of amides is 1. The van der Waals surface area contributed by atoms with Crippen molar-refractivity contribution in [3.63, 3.8) is 0 Å². The van der Waals surface area contributed by atoms with Crippen molar-refractivity contribution in [1.82, 2.24) is 15.0 Å². The number of aryl methyl sites for hydroxylation is 1. The highest BCUT2D eigenvalue weighted by Crippen LogP contribution is 2.42. The average Bonchev–Trinajstić information content (AvgIpc) is 3.18. The number of ketones is 1. The fourth-order valence-corrected chi connectivity index (χ4v) is 4.30. The van der Waals surface area contributed by atoms with Crippen molar-refractivity contribution in [3.8, 4) is 0 Å². The molecule has 6 nitrogen and oxygen atoms in total. The highest BCUT2D eigenvalue weighted by molar-refractivity contribution is 6.31. The number of rotatable bonds is 7. The van der Waals surface area contributed by atoms with Crippen LogP contribution < -0.4 is 0 Å². The Labute approximate surface area is 176 Å². The van der Waals surface area contributed by atoms with Crippen molar-refractivity contribution in [2.75, 3.05) is 7.05 Å². The molecule has 29 heavy (non-hydrogen) atoms. The van der Waals surface area contributed by atoms with Crippen LogP contribution in [0.25, 0.3) is 0 Å². The number of benzene rings is 1. The summed E-state index contributed by atoms with van der Waals surface area (Å²) in [7, 11) is 1.72. The van der Waals surface area contributed by atoms with Crippen molar-refractivity contribution in [1.29, 1.82) is 0 Å². The first kappa shape index (κ1) is 21.5. The van der Waals surface area contributed by atoms with E-state index < -0.39 is 5.54 Å². The third-order valence-electron chi connectivity index (χ3n) is 5.70. The Morgan fingerprint density at radius 1 is 1.31 bits per heavy atom. The lowest BCUT2D eigenvalue weighted by molar-refractivity contribution is -0.148. The van der Waals surface area contributed by atoms with E-state index in [1.807, 2.05) is 32.0 Å². The van der Waals surface area contributed by atoms with Gasteiger partial charge >= 0.3 is 0 Å². The van der Waals surface area contributed by atoms with Gasteiger partial charge in [0.05, 0.1) is 0 Å². The number of hydrogen-bond donors (Lipinski definition) is 0. The van der Waals surface area contributed by atoms with Crippen LogP contribution in [0.1, 0.15) is 75.6 Å². The van der Waals surface area contributed by atoms with Crippen LogP contribution in [0.2, 0.25) is 5.02 Å². The molecule has 0 N–H and O–H groups in total. The summed E-state index contributed by atoms with van der Waals surface area (Å²) in [5.41, 5.74) is -0.260. The lowest BCUT2D eigenvalue weighted by Gasteiger charge is -2.44. The number of nitrogens with zero attached hydrogens (tertiary/aromatic N) is 3. The van der Waals surface area contributed by atoms with Gasteiger partial charge in [-0.25, -0.2) is 0 Å². The molecule has 156 valence electrons. The van der Waals surface area contributed by atoms with E-state index in [0.29, 0.717) is 48.8 Å². The molecule has 1 atom stereocenters. The quantitative estimate of drug-likeness (QED) is 0.654. The Morgan fingerprint density at radius 2 is 2.07 bits per heavy atom. The maximum atomic E-state index is 13.1. The molecule has 2 aromatic rings. The second-order valence-electron chi connectivity index (χ2n) is 7.98. The summed E-state index contributed by atoms with van der Waals surface area (Å²) < 4.78 is 5.25. The first-order valence-corrected chi connectivity index (χ1v) is 10.6. The largest absolute Gasteiger partial charge is 0.339 e. The number of carbonyl (C=O) groups excluding carboxylic acids is 2. The van der Waals surface area contributed by atoms with E-state index in [2.05, 4.69) is 10.1 Å². The molecule has 3 rings (SSSR count). The lowest BCUT2D eigenvalue weighted by atomic mass is 9.74. The molecule has 1 fully saturated rings. The Balaban J connectivity index is 1.73. The molecule has 1 aliphatic carbocycles. The van der Waals surface area contributed by atoms with Crippen LogP contribution >= 0.6 is 11.6 Å². The first-order valence-electron chi connectivity index (χ1n) is 10.2. The van der Waals surface area contributed by atoms with Gasteiger partial charge < -0.3 is 9.42 Å². The Bertz CT molecular complexity index is 880. The number of likely N-dealkylation sites (N-methyl/N-ethyl adjacent to an activating group) is 1. The van der Waals surface area contributed by atoms with Gasteiger partial charge in [0, 0.05) is 42.8 Å². The molecule has 0 aliphatic heterocycles. The highest BCUT2D eigenvalue weighted by atomic mass is 35.5. The van der Waals surface area contributed by atoms with Gasteiger partial charge in [-0.2, -0.15) is 4.98 Å². The molecule has 1 amide bonds. The van der Waals surface area contributed by atoms with Gasteiger partial charge in [0.2, 0.25) is 11.8 Å². The van der Waals surface area contributed by atoms with E-state index >= 15 is 0 Å². The van der Waals surface area contributed by atoms with E-state index in [4.69, 9.17) is 16.1 Å². The fourth-order valence-electron chi connectivity index (χ4n) is 4.01. The predicted molar refractivity (Wildman–Crippen MR) is 111 cm³/mol. The van der Waals surface area contributed by atoms with Crippen molar-refractivity contribution < 1.29 is 14.1 Å². The molecule has 1 heterocycles. The topological polar surface area (TPSA) is 76.3 Å². The van der Waals surface area contributed by atoms with Crippen molar-refractivity contribution >= 4 is 23.3 Å². The van der Waals surface area contributed by atoms with E-state index in [-0.39, 0.29) is 17.6 Å². The number of aromatic nitrogens is 2. The second-order valence-corrected chi connectivity index (χ2v) is 8.38. The van der Waals surface area contributed by atoms with E-state index in [1.165, 1.54) is 0 Å². The fraction of sp³-hybridized carbons (Fsp3) is 0.545. The summed E-state index contributed by atoms with van der Waals surface area (Å²) in [6, 6.07) is 7.34. The normalized spacial score (nSPS) is 19.6. The third kappa shape index (κ3) is 4.37. The van der Waals surface area contributed by atoms with Gasteiger partial charge in [-0.1, -0.05) is 48.8 Å². The van der Waals surface area contributed by atoms with E-state index in [0.717, 1.165) is 18.4 Å². The number of hydrogen-bond acceptors (Lipinski definition) is 5. The molecule has 7 heteroatoms. The monoisotopic (exact) mass is 417 g/mol. The molecule has 1 unspecified atom stereocenters. The minimum Gasteiger partial charge on any atom is -0.339 e. The molecule has 1 aliphatic rings. The SMILES string of the molecule is CC(C)c1noc(CCCC(=O)N(C)C2(c3ccccc3Cl)CCCCC2=O)n1. The summed E-state index contributed by atoms with van der Waals surface area (Å²) >= 11 is 6.46. The van der Waals surface area contributed by atoms with Crippen LogP contribution in [0.4, 0.5) is 0 Å². The molecule has 0 spiro atoms. The maximum Gasteiger partial charge on any atom is 0.226 e. The van der Waals surface area contributed by atoms with Crippen LogP contribution in [0.3, 0.4) is 0 Å². The van der Waals surface area contributed by atoms with E-state index in [1.54, 1.807) is 18.0 Å². The standard InChI is InChI=1S/C22H28ClN3O3/c1-15(2)21-24-19(29-25-21)12-8-13-20(28)26(3)22(14-7-6-11-18(22)27)16-9-4-5-10-17(16)23/h4-5,9-10,15H,6-8,11-14H2,1-3H3. The van der Waals surface area contributed by atoms with Gasteiger partial charge in [-0.05, 0) is 31.7 Å². The van der Waals surface area contributed by atoms with Crippen LogP contribution in [0.5, 0.6) is 0 Å². The van der Waals surface area contributed by atoms with Gasteiger partial charge in [-0.3, -0.25) is 9.59 Å². The molecule has 1 aromatic heterocycles. The van der Waals surface area contributed by atoms with Gasteiger partial charge in [0.15, 0.2) is 11.6 Å². The summed E-state index contributed by atoms with van der Waals surface area (Å²) in [5.74, 6) is 1.40. The van der Waals surface area contributed by atoms with Gasteiger partial charge in [0.1, 0.15) is 5.54 Å². The minimum atomic E-state index is -0.983. The Kier molecular flexibility index (Phi) is 6.73. The van der Waals surface area contributed by atoms with Crippen LogP contribution in [-0.4, -0.2) is 33.8 Å². The Morgan fingerprint density at radius 3 is 2.72 bits per heavy atom. The first-order chi connectivity index (χ1) is 13.9. The molecule has 0 bridgehead atoms. The van der Waals surface area contributed by atoms with Crippen molar-refractivity contribution in [3.05, 3.63) is 46.6 Å². The lowest BCUT2D eigenvalue weighted by Crippen LogP contribution is -2.54. The summed E-state index contributed by atoms with van der Waals surface area (Å²) in [4.78, 5) is 32.1. The molecule has 0 radical (unpaired) electrons. The van der Waals surface area contributed by atoms with Gasteiger partial charge in [0.25, 0.3) is 0 Å². The maximum absolute atomic E-state index is 13.1. The van der Waals surface area contributed by atoms with Crippen molar-refractivity contribution in [2.24, 2.45) is 0 Å². The van der Waals surface area contributed by atoms with E-state index in [9.17, 15) is 9.59 Å². The zero-order valence-corrected chi connectivity index (χ0v) is 18.0. The predicted octanol–water partition coefficient (Wildman–Crippen LogP) is 4.67. The molecule has 0 saturated heterocycles. The molecular weight excluding hydrogens is 390 g/mol. The zero-order chi connectivity index (χ0) is 21.0. The van der Waals surface area contributed by atoms with Crippen LogP contribution in [0.15, 0.2) is 28.8 Å². The van der Waals surface area contributed by atoms with Gasteiger partial charge in [-0.15, -0.1) is 0 Å². The molecule has 1 saturated carbocycles. The Hall–Kier alpha value is -2.21.